The van der Waals surface area contributed by atoms with Gasteiger partial charge >= 0.3 is 0 Å². The molecular formula is C14H23BrN2O3S. The van der Waals surface area contributed by atoms with Crippen LogP contribution in [0.2, 0.25) is 0 Å². The Labute approximate surface area is 135 Å². The zero-order valence-corrected chi connectivity index (χ0v) is 15.0. The van der Waals surface area contributed by atoms with Gasteiger partial charge in [0.25, 0.3) is 0 Å². The van der Waals surface area contributed by atoms with Crippen LogP contribution in [0.1, 0.15) is 44.8 Å². The summed E-state index contributed by atoms with van der Waals surface area (Å²) in [7, 11) is -1.71. The molecule has 0 amide bonds. The average molecular weight is 379 g/mol. The van der Waals surface area contributed by atoms with Crippen LogP contribution in [0.5, 0.6) is 0 Å². The maximum Gasteiger partial charge on any atom is 0.247 e. The van der Waals surface area contributed by atoms with E-state index in [1.807, 2.05) is 0 Å². The Balaban J connectivity index is 2.35. The van der Waals surface area contributed by atoms with E-state index in [4.69, 9.17) is 4.42 Å². The molecule has 1 aromatic rings. The van der Waals surface area contributed by atoms with E-state index in [0.717, 1.165) is 32.1 Å². The Kier molecular flexibility index (Phi) is 5.88. The van der Waals surface area contributed by atoms with Gasteiger partial charge in [0.1, 0.15) is 10.7 Å². The zero-order valence-electron chi connectivity index (χ0n) is 12.6. The Morgan fingerprint density at radius 2 is 2.19 bits per heavy atom. The Morgan fingerprint density at radius 1 is 1.43 bits per heavy atom. The largest absolute Gasteiger partial charge is 0.452 e. The molecule has 0 aliphatic carbocycles. The summed E-state index contributed by atoms with van der Waals surface area (Å²) >= 11 is 3.25. The first-order valence-corrected chi connectivity index (χ1v) is 9.68. The number of halogens is 1. The molecule has 7 heteroatoms. The van der Waals surface area contributed by atoms with Gasteiger partial charge in [-0.25, -0.2) is 8.42 Å². The summed E-state index contributed by atoms with van der Waals surface area (Å²) in [4.78, 5) is 0.244. The molecule has 0 radical (unpaired) electrons. The van der Waals surface area contributed by atoms with Gasteiger partial charge in [0.15, 0.2) is 4.67 Å². The second-order valence-corrected chi connectivity index (χ2v) is 7.99. The quantitative estimate of drug-likeness (QED) is 0.854. The number of furan rings is 1. The van der Waals surface area contributed by atoms with Crippen molar-refractivity contribution in [3.8, 4) is 0 Å². The highest BCUT2D eigenvalue weighted by molar-refractivity contribution is 9.10. The van der Waals surface area contributed by atoms with Gasteiger partial charge in [0, 0.05) is 18.7 Å². The third kappa shape index (κ3) is 3.70. The minimum absolute atomic E-state index is 0.0899. The molecule has 21 heavy (non-hydrogen) atoms. The van der Waals surface area contributed by atoms with Gasteiger partial charge < -0.3 is 9.73 Å². The second-order valence-electron chi connectivity index (χ2n) is 5.41. The second kappa shape index (κ2) is 7.26. The van der Waals surface area contributed by atoms with Crippen LogP contribution in [-0.4, -0.2) is 32.4 Å². The maximum absolute atomic E-state index is 13.0. The lowest BCUT2D eigenvalue weighted by molar-refractivity contribution is 0.314. The fourth-order valence-electron chi connectivity index (χ4n) is 2.84. The predicted octanol–water partition coefficient (Wildman–Crippen LogP) is 3.10. The monoisotopic (exact) mass is 378 g/mol. The summed E-state index contributed by atoms with van der Waals surface area (Å²) in [6, 6.07) is 1.71. The van der Waals surface area contributed by atoms with Gasteiger partial charge in [-0.1, -0.05) is 19.8 Å². The van der Waals surface area contributed by atoms with Crippen molar-refractivity contribution in [3.05, 3.63) is 16.5 Å². The standard InChI is InChI=1S/C14H23BrN2O3S/c1-3-11-7-5-4-6-8-17(11)21(18,19)13-9-12(10-16-2)20-14(13)15/h9,11,16H,3-8,10H2,1-2H3. The Morgan fingerprint density at radius 3 is 2.86 bits per heavy atom. The van der Waals surface area contributed by atoms with Crippen LogP contribution in [0, 0.1) is 0 Å². The van der Waals surface area contributed by atoms with Gasteiger partial charge in [-0.15, -0.1) is 0 Å². The van der Waals surface area contributed by atoms with E-state index in [1.165, 1.54) is 0 Å². The van der Waals surface area contributed by atoms with E-state index < -0.39 is 10.0 Å². The number of sulfonamides is 1. The first-order chi connectivity index (χ1) is 10.0. The molecule has 2 heterocycles. The zero-order chi connectivity index (χ0) is 15.5. The van der Waals surface area contributed by atoms with E-state index in [0.29, 0.717) is 23.5 Å². The molecule has 0 spiro atoms. The van der Waals surface area contributed by atoms with Crippen LogP contribution < -0.4 is 5.32 Å². The van der Waals surface area contributed by atoms with E-state index in [2.05, 4.69) is 28.2 Å². The molecule has 120 valence electrons. The van der Waals surface area contributed by atoms with Crippen molar-refractivity contribution in [1.82, 2.24) is 9.62 Å². The summed E-state index contributed by atoms with van der Waals surface area (Å²) in [6.45, 7) is 3.15. The lowest BCUT2D eigenvalue weighted by Crippen LogP contribution is -2.39. The van der Waals surface area contributed by atoms with E-state index >= 15 is 0 Å². The molecule has 1 fully saturated rings. The summed E-state index contributed by atoms with van der Waals surface area (Å²) in [5, 5.41) is 2.96. The molecule has 0 saturated carbocycles. The van der Waals surface area contributed by atoms with Crippen LogP contribution in [0.3, 0.4) is 0 Å². The van der Waals surface area contributed by atoms with Crippen molar-refractivity contribution in [3.63, 3.8) is 0 Å². The molecule has 1 aliphatic heterocycles. The molecule has 1 unspecified atom stereocenters. The molecule has 1 atom stereocenters. The summed E-state index contributed by atoms with van der Waals surface area (Å²) < 4.78 is 33.4. The fourth-order valence-corrected chi connectivity index (χ4v) is 5.57. The Bertz CT molecular complexity index is 571. The molecule has 1 saturated heterocycles. The number of hydrogen-bond acceptors (Lipinski definition) is 4. The summed E-state index contributed by atoms with van der Waals surface area (Å²) in [6.07, 6.45) is 4.91. The van der Waals surface area contributed by atoms with Gasteiger partial charge in [-0.05, 0) is 42.2 Å². The molecule has 1 aliphatic rings. The molecule has 1 aromatic heterocycles. The number of rotatable bonds is 5. The van der Waals surface area contributed by atoms with Gasteiger partial charge in [-0.3, -0.25) is 0 Å². The minimum Gasteiger partial charge on any atom is -0.452 e. The molecular weight excluding hydrogens is 356 g/mol. The first-order valence-electron chi connectivity index (χ1n) is 7.45. The average Bonchev–Trinajstić information content (AvgIpc) is 2.68. The van der Waals surface area contributed by atoms with E-state index in [-0.39, 0.29) is 10.9 Å². The van der Waals surface area contributed by atoms with Crippen molar-refractivity contribution in [2.45, 2.75) is 56.5 Å². The summed E-state index contributed by atoms with van der Waals surface area (Å²) in [5.41, 5.74) is 0. The van der Waals surface area contributed by atoms with Gasteiger partial charge in [0.05, 0.1) is 6.54 Å². The highest BCUT2D eigenvalue weighted by Crippen LogP contribution is 2.32. The Hall–Kier alpha value is -0.370. The first kappa shape index (κ1) is 17.0. The number of hydrogen-bond donors (Lipinski definition) is 1. The van der Waals surface area contributed by atoms with Crippen molar-refractivity contribution in [1.29, 1.82) is 0 Å². The van der Waals surface area contributed by atoms with Crippen molar-refractivity contribution < 1.29 is 12.8 Å². The smallest absolute Gasteiger partial charge is 0.247 e. The number of nitrogens with zero attached hydrogens (tertiary/aromatic N) is 1. The van der Waals surface area contributed by atoms with Gasteiger partial charge in [-0.2, -0.15) is 4.31 Å². The lowest BCUT2D eigenvalue weighted by atomic mass is 10.1. The minimum atomic E-state index is -3.51. The topological polar surface area (TPSA) is 62.6 Å². The van der Waals surface area contributed by atoms with Crippen molar-refractivity contribution in [2.24, 2.45) is 0 Å². The molecule has 0 aromatic carbocycles. The predicted molar refractivity (Wildman–Crippen MR) is 85.6 cm³/mol. The normalized spacial score (nSPS) is 21.4. The highest BCUT2D eigenvalue weighted by atomic mass is 79.9. The SMILES string of the molecule is CCC1CCCCCN1S(=O)(=O)c1cc(CNC)oc1Br. The summed E-state index contributed by atoms with van der Waals surface area (Å²) in [5.74, 6) is 0.617. The molecule has 0 bridgehead atoms. The van der Waals surface area contributed by atoms with Gasteiger partial charge in [0.2, 0.25) is 10.0 Å². The highest BCUT2D eigenvalue weighted by Gasteiger charge is 2.34. The fraction of sp³-hybridized carbons (Fsp3) is 0.714. The lowest BCUT2D eigenvalue weighted by Gasteiger charge is -2.27. The van der Waals surface area contributed by atoms with Crippen LogP contribution in [-0.2, 0) is 16.6 Å². The van der Waals surface area contributed by atoms with Crippen molar-refractivity contribution >= 4 is 26.0 Å². The van der Waals surface area contributed by atoms with Crippen LogP contribution in [0.25, 0.3) is 0 Å². The van der Waals surface area contributed by atoms with E-state index in [1.54, 1.807) is 17.4 Å². The van der Waals surface area contributed by atoms with Crippen LogP contribution in [0.15, 0.2) is 20.0 Å². The van der Waals surface area contributed by atoms with E-state index in [9.17, 15) is 8.42 Å². The van der Waals surface area contributed by atoms with Crippen LogP contribution >= 0.6 is 15.9 Å². The number of nitrogens with one attached hydrogen (secondary N) is 1. The molecule has 1 N–H and O–H groups in total. The molecule has 5 nitrogen and oxygen atoms in total. The molecule has 2 rings (SSSR count). The third-order valence-electron chi connectivity index (χ3n) is 3.94. The van der Waals surface area contributed by atoms with Crippen molar-refractivity contribution in [2.75, 3.05) is 13.6 Å². The third-order valence-corrected chi connectivity index (χ3v) is 6.75. The van der Waals surface area contributed by atoms with Crippen LogP contribution in [0.4, 0.5) is 0 Å². The maximum atomic E-state index is 13.0.